The second-order valence-electron chi connectivity index (χ2n) is 4.01. The fourth-order valence-corrected chi connectivity index (χ4v) is 1.92. The Bertz CT molecular complexity index is 542. The lowest BCUT2D eigenvalue weighted by Gasteiger charge is -2.05. The molecule has 2 rings (SSSR count). The van der Waals surface area contributed by atoms with Crippen LogP contribution >= 0.6 is 15.9 Å². The van der Waals surface area contributed by atoms with Gasteiger partial charge in [-0.25, -0.2) is 4.39 Å². The van der Waals surface area contributed by atoms with Crippen LogP contribution in [-0.2, 0) is 13.2 Å². The molecule has 0 saturated heterocycles. The summed E-state index contributed by atoms with van der Waals surface area (Å²) in [5.74, 6) is 1.91. The summed E-state index contributed by atoms with van der Waals surface area (Å²) in [6, 6.07) is 8.34. The van der Waals surface area contributed by atoms with E-state index in [-0.39, 0.29) is 5.82 Å². The quantitative estimate of drug-likeness (QED) is 0.874. The highest BCUT2D eigenvalue weighted by atomic mass is 79.9. The van der Waals surface area contributed by atoms with E-state index in [2.05, 4.69) is 21.2 Å². The lowest BCUT2D eigenvalue weighted by atomic mass is 10.3. The van der Waals surface area contributed by atoms with Crippen molar-refractivity contribution >= 4 is 15.9 Å². The van der Waals surface area contributed by atoms with Crippen molar-refractivity contribution < 1.29 is 13.5 Å². The lowest BCUT2D eigenvalue weighted by Crippen LogP contribution is -2.10. The van der Waals surface area contributed by atoms with Gasteiger partial charge >= 0.3 is 0 Å². The van der Waals surface area contributed by atoms with Gasteiger partial charge in [0, 0.05) is 0 Å². The first kappa shape index (κ1) is 14.1. The minimum atomic E-state index is -0.307. The second kappa shape index (κ2) is 6.73. The topological polar surface area (TPSA) is 34.4 Å². The SMILES string of the molecule is CCNCc1ccc(COc2ccc(F)c(Br)c2)o1. The molecule has 1 aromatic carbocycles. The summed E-state index contributed by atoms with van der Waals surface area (Å²) in [5.41, 5.74) is 0. The average molecular weight is 328 g/mol. The van der Waals surface area contributed by atoms with Gasteiger partial charge in [-0.05, 0) is 52.8 Å². The predicted octanol–water partition coefficient (Wildman–Crippen LogP) is 3.87. The highest BCUT2D eigenvalue weighted by molar-refractivity contribution is 9.10. The minimum Gasteiger partial charge on any atom is -0.486 e. The Labute approximate surface area is 119 Å². The summed E-state index contributed by atoms with van der Waals surface area (Å²) in [6.45, 7) is 3.97. The molecule has 0 saturated carbocycles. The Morgan fingerprint density at radius 3 is 2.79 bits per heavy atom. The van der Waals surface area contributed by atoms with Gasteiger partial charge < -0.3 is 14.5 Å². The van der Waals surface area contributed by atoms with Crippen LogP contribution < -0.4 is 10.1 Å². The van der Waals surface area contributed by atoms with Crippen molar-refractivity contribution in [2.24, 2.45) is 0 Å². The molecule has 0 atom stereocenters. The zero-order valence-corrected chi connectivity index (χ0v) is 12.2. The highest BCUT2D eigenvalue weighted by Gasteiger charge is 2.04. The third kappa shape index (κ3) is 4.08. The Morgan fingerprint density at radius 1 is 1.26 bits per heavy atom. The van der Waals surface area contributed by atoms with Gasteiger partial charge in [0.25, 0.3) is 0 Å². The van der Waals surface area contributed by atoms with Gasteiger partial charge in [-0.15, -0.1) is 0 Å². The highest BCUT2D eigenvalue weighted by Crippen LogP contribution is 2.22. The van der Waals surface area contributed by atoms with Crippen molar-refractivity contribution in [3.05, 3.63) is 52.1 Å². The molecule has 0 spiro atoms. The number of furan rings is 1. The van der Waals surface area contributed by atoms with E-state index in [1.807, 2.05) is 19.1 Å². The molecule has 19 heavy (non-hydrogen) atoms. The van der Waals surface area contributed by atoms with Crippen LogP contribution in [-0.4, -0.2) is 6.54 Å². The molecule has 0 aliphatic carbocycles. The number of halogens is 2. The third-order valence-electron chi connectivity index (χ3n) is 2.54. The summed E-state index contributed by atoms with van der Waals surface area (Å²) >= 11 is 3.12. The van der Waals surface area contributed by atoms with Crippen LogP contribution in [0.1, 0.15) is 18.4 Å². The normalized spacial score (nSPS) is 10.7. The first-order valence-corrected chi connectivity index (χ1v) is 6.84. The maximum Gasteiger partial charge on any atom is 0.146 e. The Balaban J connectivity index is 1.91. The maximum absolute atomic E-state index is 13.1. The molecule has 1 aromatic heterocycles. The Hall–Kier alpha value is -1.33. The molecule has 5 heteroatoms. The molecule has 0 unspecified atom stereocenters. The summed E-state index contributed by atoms with van der Waals surface area (Å²) in [6.07, 6.45) is 0. The van der Waals surface area contributed by atoms with Gasteiger partial charge in [-0.1, -0.05) is 6.92 Å². The number of ether oxygens (including phenoxy) is 1. The van der Waals surface area contributed by atoms with E-state index >= 15 is 0 Å². The summed E-state index contributed by atoms with van der Waals surface area (Å²) in [7, 11) is 0. The van der Waals surface area contributed by atoms with Crippen LogP contribution in [0.2, 0.25) is 0 Å². The summed E-state index contributed by atoms with van der Waals surface area (Å²) < 4.78 is 24.6. The van der Waals surface area contributed by atoms with Crippen molar-refractivity contribution in [1.82, 2.24) is 5.32 Å². The van der Waals surface area contributed by atoms with Crippen molar-refractivity contribution in [3.8, 4) is 5.75 Å². The third-order valence-corrected chi connectivity index (χ3v) is 3.15. The molecular formula is C14H15BrFNO2. The van der Waals surface area contributed by atoms with E-state index in [0.29, 0.717) is 23.4 Å². The van der Waals surface area contributed by atoms with Crippen molar-refractivity contribution in [2.45, 2.75) is 20.1 Å². The average Bonchev–Trinajstić information content (AvgIpc) is 2.86. The monoisotopic (exact) mass is 327 g/mol. The number of rotatable bonds is 6. The van der Waals surface area contributed by atoms with Crippen LogP contribution in [0, 0.1) is 5.82 Å². The molecule has 1 N–H and O–H groups in total. The van der Waals surface area contributed by atoms with Crippen molar-refractivity contribution in [1.29, 1.82) is 0 Å². The number of hydrogen-bond donors (Lipinski definition) is 1. The van der Waals surface area contributed by atoms with Crippen LogP contribution in [0.4, 0.5) is 4.39 Å². The maximum atomic E-state index is 13.1. The number of nitrogens with one attached hydrogen (secondary N) is 1. The van der Waals surface area contributed by atoms with Gasteiger partial charge in [0.2, 0.25) is 0 Å². The van der Waals surface area contributed by atoms with E-state index < -0.39 is 0 Å². The van der Waals surface area contributed by atoms with E-state index in [4.69, 9.17) is 9.15 Å². The van der Waals surface area contributed by atoms with Gasteiger partial charge in [0.1, 0.15) is 29.7 Å². The van der Waals surface area contributed by atoms with Gasteiger partial charge in [-0.2, -0.15) is 0 Å². The molecule has 102 valence electrons. The molecule has 0 bridgehead atoms. The molecule has 0 aliphatic heterocycles. The van der Waals surface area contributed by atoms with E-state index in [9.17, 15) is 4.39 Å². The van der Waals surface area contributed by atoms with E-state index in [1.165, 1.54) is 6.07 Å². The van der Waals surface area contributed by atoms with Crippen LogP contribution in [0.3, 0.4) is 0 Å². The molecule has 0 fully saturated rings. The van der Waals surface area contributed by atoms with Crippen LogP contribution in [0.5, 0.6) is 5.75 Å². The van der Waals surface area contributed by atoms with Crippen LogP contribution in [0.15, 0.2) is 39.2 Å². The second-order valence-corrected chi connectivity index (χ2v) is 4.87. The van der Waals surface area contributed by atoms with E-state index in [1.54, 1.807) is 12.1 Å². The molecule has 3 nitrogen and oxygen atoms in total. The first-order chi connectivity index (χ1) is 9.19. The van der Waals surface area contributed by atoms with Crippen LogP contribution in [0.25, 0.3) is 0 Å². The fraction of sp³-hybridized carbons (Fsp3) is 0.286. The predicted molar refractivity (Wildman–Crippen MR) is 74.5 cm³/mol. The summed E-state index contributed by atoms with van der Waals surface area (Å²) in [5, 5.41) is 3.18. The first-order valence-electron chi connectivity index (χ1n) is 6.05. The Kier molecular flexibility index (Phi) is 4.99. The van der Waals surface area contributed by atoms with Gasteiger partial charge in [0.05, 0.1) is 11.0 Å². The van der Waals surface area contributed by atoms with Crippen molar-refractivity contribution in [2.75, 3.05) is 6.54 Å². The van der Waals surface area contributed by atoms with Gasteiger partial charge in [-0.3, -0.25) is 0 Å². The molecular weight excluding hydrogens is 313 g/mol. The Morgan fingerprint density at radius 2 is 2.05 bits per heavy atom. The number of benzene rings is 1. The largest absolute Gasteiger partial charge is 0.486 e. The zero-order valence-electron chi connectivity index (χ0n) is 10.6. The van der Waals surface area contributed by atoms with E-state index in [0.717, 1.165) is 18.1 Å². The lowest BCUT2D eigenvalue weighted by molar-refractivity contribution is 0.264. The molecule has 2 aromatic rings. The molecule has 0 radical (unpaired) electrons. The summed E-state index contributed by atoms with van der Waals surface area (Å²) in [4.78, 5) is 0. The molecule has 1 heterocycles. The molecule has 0 aliphatic rings. The smallest absolute Gasteiger partial charge is 0.146 e. The van der Waals surface area contributed by atoms with Crippen molar-refractivity contribution in [3.63, 3.8) is 0 Å². The molecule has 0 amide bonds. The zero-order chi connectivity index (χ0) is 13.7. The van der Waals surface area contributed by atoms with Gasteiger partial charge in [0.15, 0.2) is 0 Å². The number of hydrogen-bond acceptors (Lipinski definition) is 3. The fourth-order valence-electron chi connectivity index (χ4n) is 1.56. The standard InChI is InChI=1S/C14H15BrFNO2/c1-2-17-8-11-3-4-12(19-11)9-18-10-5-6-14(16)13(15)7-10/h3-7,17H,2,8-9H2,1H3. The minimum absolute atomic E-state index is 0.307.